The van der Waals surface area contributed by atoms with Crippen LogP contribution in [-0.4, -0.2) is 37.9 Å². The Kier molecular flexibility index (Phi) is 6.72. The van der Waals surface area contributed by atoms with Crippen molar-refractivity contribution in [3.05, 3.63) is 0 Å². The number of rotatable bonds is 0. The van der Waals surface area contributed by atoms with Gasteiger partial charge in [0, 0.05) is 13.0 Å². The summed E-state index contributed by atoms with van der Waals surface area (Å²) in [5.74, 6) is 0.0926. The number of nitrogens with one attached hydrogen (secondary N) is 2. The van der Waals surface area contributed by atoms with E-state index in [2.05, 4.69) is 22.4 Å². The van der Waals surface area contributed by atoms with E-state index in [9.17, 15) is 4.79 Å². The summed E-state index contributed by atoms with van der Waals surface area (Å²) in [6.07, 6.45) is 0.625. The summed E-state index contributed by atoms with van der Waals surface area (Å²) in [5, 5.41) is 0. The number of hydrogen-bond donors (Lipinski definition) is 2. The first kappa shape index (κ1) is 8.91. The van der Waals surface area contributed by atoms with Gasteiger partial charge in [0.05, 0.1) is 0 Å². The molecule has 0 aromatic heterocycles. The van der Waals surface area contributed by atoms with Gasteiger partial charge in [-0.2, -0.15) is 0 Å². The third-order valence-electron chi connectivity index (χ3n) is 0.705. The number of carbonyl (C=O) groups excluding carboxylic acids is 1. The molecule has 1 amide bonds. The molecule has 1 rings (SSSR count). The molecule has 2 N–H and O–H groups in total. The first-order valence-corrected chi connectivity index (χ1v) is 7.80. The molecule has 0 radical (unpaired) electrons. The fraction of sp³-hybridized carbons (Fsp3) is 0.667. The molecule has 0 unspecified atom stereocenters. The van der Waals surface area contributed by atoms with Gasteiger partial charge < -0.3 is 0 Å². The molecule has 0 bridgehead atoms. The van der Waals surface area contributed by atoms with Gasteiger partial charge in [0.15, 0.2) is 0 Å². The number of hydrogen-bond acceptors (Lipinski definition) is 2. The van der Waals surface area contributed by atoms with Gasteiger partial charge >= 0.3 is 36.9 Å². The van der Waals surface area contributed by atoms with Crippen molar-refractivity contribution in [2.75, 3.05) is 6.54 Å². The van der Waals surface area contributed by atoms with E-state index in [1.54, 1.807) is 0 Å². The fourth-order valence-electron chi connectivity index (χ4n) is 0.400. The van der Waals surface area contributed by atoms with Crippen molar-refractivity contribution < 1.29 is 4.79 Å². The van der Waals surface area contributed by atoms with Crippen LogP contribution >= 0.6 is 11.5 Å². The molecular weight excluding hydrogens is 183 g/mol. The van der Waals surface area contributed by atoms with Crippen LogP contribution in [0, 0.1) is 0 Å². The van der Waals surface area contributed by atoms with Crippen molar-refractivity contribution in [1.82, 2.24) is 10.9 Å². The van der Waals surface area contributed by atoms with Gasteiger partial charge in [0.1, 0.15) is 0 Å². The Hall–Kier alpha value is 0.910. The molecule has 1 fully saturated rings. The van der Waals surface area contributed by atoms with E-state index < -0.39 is 0 Å². The van der Waals surface area contributed by atoms with Crippen LogP contribution in [0.1, 0.15) is 6.42 Å². The third kappa shape index (κ3) is 3.86. The van der Waals surface area contributed by atoms with Crippen LogP contribution in [-0.2, 0) is 4.79 Å². The minimum absolute atomic E-state index is 0.0926. The molecule has 0 saturated carbocycles. The Bertz CT molecular complexity index is 71.7. The second-order valence-electron chi connectivity index (χ2n) is 1.22. The zero-order valence-electron chi connectivity index (χ0n) is 4.70. The van der Waals surface area contributed by atoms with Gasteiger partial charge in [-0.25, -0.2) is 5.43 Å². The van der Waals surface area contributed by atoms with Crippen LogP contribution in [0.15, 0.2) is 0 Å². The first-order valence-electron chi connectivity index (χ1n) is 2.29. The monoisotopic (exact) mass is 188 g/mol. The Labute approximate surface area is 71.0 Å². The van der Waals surface area contributed by atoms with Crippen LogP contribution in [0.5, 0.6) is 0 Å². The van der Waals surface area contributed by atoms with Gasteiger partial charge in [0.25, 0.3) is 0 Å². The number of hydrazine groups is 1. The minimum atomic E-state index is 0.0926. The van der Waals surface area contributed by atoms with E-state index in [4.69, 9.17) is 0 Å². The average Bonchev–Trinajstić information content (AvgIpc) is 2.24. The number of halogens is 1. The SMILES string of the molecule is O=C1CCNN1.[Na][Br]. The molecule has 5 heteroatoms. The van der Waals surface area contributed by atoms with Gasteiger partial charge in [-0.3, -0.25) is 10.2 Å². The predicted molar refractivity (Wildman–Crippen MR) is 35.4 cm³/mol. The molecular formula is C3H6BrN2NaO. The van der Waals surface area contributed by atoms with Crippen molar-refractivity contribution in [3.8, 4) is 0 Å². The molecule has 3 nitrogen and oxygen atoms in total. The van der Waals surface area contributed by atoms with Gasteiger partial charge in [0.2, 0.25) is 5.91 Å². The molecule has 1 aliphatic rings. The molecule has 1 saturated heterocycles. The molecule has 0 aliphatic carbocycles. The second kappa shape index (κ2) is 6.04. The zero-order chi connectivity index (χ0) is 6.41. The van der Waals surface area contributed by atoms with E-state index in [0.717, 1.165) is 31.9 Å². The molecule has 0 aromatic carbocycles. The Morgan fingerprint density at radius 3 is 2.38 bits per heavy atom. The number of amides is 1. The fourth-order valence-corrected chi connectivity index (χ4v) is 0.400. The van der Waals surface area contributed by atoms with E-state index in [-0.39, 0.29) is 5.91 Å². The topological polar surface area (TPSA) is 41.1 Å². The molecule has 0 atom stereocenters. The van der Waals surface area contributed by atoms with Crippen molar-refractivity contribution in [1.29, 1.82) is 0 Å². The molecule has 42 valence electrons. The summed E-state index contributed by atoms with van der Waals surface area (Å²) in [5.41, 5.74) is 5.10. The summed E-state index contributed by atoms with van der Waals surface area (Å²) < 4.78 is 0. The molecule has 1 aliphatic heterocycles. The Balaban J connectivity index is 0.000000222. The summed E-state index contributed by atoms with van der Waals surface area (Å²) in [6, 6.07) is 0. The van der Waals surface area contributed by atoms with Crippen LogP contribution in [0.3, 0.4) is 0 Å². The predicted octanol–water partition coefficient (Wildman–Crippen LogP) is -0.524. The summed E-state index contributed by atoms with van der Waals surface area (Å²) in [4.78, 5) is 10.1. The van der Waals surface area contributed by atoms with Crippen molar-refractivity contribution in [3.63, 3.8) is 0 Å². The third-order valence-corrected chi connectivity index (χ3v) is 0.705. The molecule has 8 heavy (non-hydrogen) atoms. The second-order valence-corrected chi connectivity index (χ2v) is 1.22. The van der Waals surface area contributed by atoms with Gasteiger partial charge in [-0.05, 0) is 0 Å². The summed E-state index contributed by atoms with van der Waals surface area (Å²) in [7, 11) is 0. The molecule has 1 heterocycles. The summed E-state index contributed by atoms with van der Waals surface area (Å²) in [6.45, 7) is 0.777. The number of carbonyl (C=O) groups is 1. The van der Waals surface area contributed by atoms with Crippen LogP contribution < -0.4 is 10.9 Å². The average molecular weight is 189 g/mol. The van der Waals surface area contributed by atoms with E-state index in [1.165, 1.54) is 0 Å². The van der Waals surface area contributed by atoms with Crippen molar-refractivity contribution in [2.45, 2.75) is 6.42 Å². The van der Waals surface area contributed by atoms with Crippen LogP contribution in [0.2, 0.25) is 0 Å². The van der Waals surface area contributed by atoms with E-state index in [0.29, 0.717) is 6.42 Å². The van der Waals surface area contributed by atoms with E-state index in [1.807, 2.05) is 0 Å². The molecule has 0 aromatic rings. The standard InChI is InChI=1S/C3H6N2O.BrH.Na/c6-3-1-2-4-5-3;;/h4H,1-2H2,(H,5,6);1H;/q;;+1/p-1. The maximum atomic E-state index is 10.1. The van der Waals surface area contributed by atoms with E-state index >= 15 is 0 Å². The van der Waals surface area contributed by atoms with Crippen LogP contribution in [0.25, 0.3) is 0 Å². The first-order chi connectivity index (χ1) is 3.89. The van der Waals surface area contributed by atoms with Gasteiger partial charge in [-0.1, -0.05) is 0 Å². The van der Waals surface area contributed by atoms with Crippen molar-refractivity contribution in [2.24, 2.45) is 0 Å². The summed E-state index contributed by atoms with van der Waals surface area (Å²) >= 11 is 4.19. The zero-order valence-corrected chi connectivity index (χ0v) is 8.29. The normalized spacial score (nSPS) is 16.6. The Morgan fingerprint density at radius 2 is 2.25 bits per heavy atom. The molecule has 0 spiro atoms. The van der Waals surface area contributed by atoms with Gasteiger partial charge in [-0.15, -0.1) is 0 Å². The van der Waals surface area contributed by atoms with Crippen LogP contribution in [0.4, 0.5) is 0 Å². The van der Waals surface area contributed by atoms with Crippen molar-refractivity contribution >= 4 is 42.8 Å². The maximum absolute atomic E-state index is 10.1. The quantitative estimate of drug-likeness (QED) is 0.503. The Morgan fingerprint density at radius 1 is 1.62 bits per heavy atom.